The lowest BCUT2D eigenvalue weighted by molar-refractivity contribution is -0.142. The molecular weight excluding hydrogens is 532 g/mol. The fourth-order valence-electron chi connectivity index (χ4n) is 3.91. The zero-order valence-corrected chi connectivity index (χ0v) is 21.4. The molecule has 2 heterocycles. The number of carboxylic acid groups (broad SMARTS) is 2. The zero-order chi connectivity index (χ0) is 27.4. The number of carbonyl (C=O) groups is 6. The van der Waals surface area contributed by atoms with E-state index in [1.807, 2.05) is 0 Å². The van der Waals surface area contributed by atoms with Crippen LogP contribution >= 0.6 is 23.7 Å². The maximum absolute atomic E-state index is 12.2. The molecule has 0 saturated carbocycles. The monoisotopic (exact) mass is 562 g/mol. The van der Waals surface area contributed by atoms with Crippen molar-refractivity contribution < 1.29 is 39.0 Å². The molecular formula is C20H30N6O9S2. The zero-order valence-electron chi connectivity index (χ0n) is 19.8. The second-order valence-corrected chi connectivity index (χ2v) is 10.5. The molecule has 0 bridgehead atoms. The van der Waals surface area contributed by atoms with Crippen LogP contribution in [0.5, 0.6) is 0 Å². The van der Waals surface area contributed by atoms with Crippen molar-refractivity contribution in [2.75, 3.05) is 18.1 Å². The molecule has 5 amide bonds. The number of hydrogen-bond donors (Lipinski definition) is 7. The maximum atomic E-state index is 12.2. The maximum Gasteiger partial charge on any atom is 0.326 e. The fourth-order valence-corrected chi connectivity index (χ4v) is 5.90. The van der Waals surface area contributed by atoms with Crippen LogP contribution in [0.4, 0.5) is 4.79 Å². The van der Waals surface area contributed by atoms with Crippen molar-refractivity contribution in [2.45, 2.75) is 67.9 Å². The Kier molecular flexibility index (Phi) is 12.4. The molecule has 15 nitrogen and oxygen atoms in total. The summed E-state index contributed by atoms with van der Waals surface area (Å²) in [5, 5.41) is 30.9. The van der Waals surface area contributed by atoms with Gasteiger partial charge < -0.3 is 36.8 Å². The first kappa shape index (κ1) is 30.1. The van der Waals surface area contributed by atoms with Gasteiger partial charge in [-0.3, -0.25) is 19.2 Å². The first-order valence-electron chi connectivity index (χ1n) is 11.5. The van der Waals surface area contributed by atoms with Gasteiger partial charge in [-0.15, -0.1) is 4.91 Å². The van der Waals surface area contributed by atoms with Crippen molar-refractivity contribution in [3.05, 3.63) is 4.91 Å². The Morgan fingerprint density at radius 2 is 1.76 bits per heavy atom. The Hall–Kier alpha value is -3.08. The number of amides is 5. The van der Waals surface area contributed by atoms with Gasteiger partial charge in [0, 0.05) is 46.1 Å². The number of carbonyl (C=O) groups excluding carboxylic acids is 4. The van der Waals surface area contributed by atoms with Crippen LogP contribution in [0.2, 0.25) is 0 Å². The number of carboxylic acids is 2. The number of unbranched alkanes of at least 4 members (excludes halogenated alkanes) is 1. The molecule has 0 spiro atoms. The van der Waals surface area contributed by atoms with Crippen LogP contribution in [0.15, 0.2) is 4.58 Å². The second-order valence-electron chi connectivity index (χ2n) is 8.47. The van der Waals surface area contributed by atoms with E-state index < -0.39 is 48.3 Å². The number of urea groups is 1. The molecule has 17 heteroatoms. The van der Waals surface area contributed by atoms with Crippen molar-refractivity contribution in [2.24, 2.45) is 4.58 Å². The van der Waals surface area contributed by atoms with Crippen molar-refractivity contribution >= 4 is 59.4 Å². The molecule has 2 aliphatic rings. The molecule has 2 saturated heterocycles. The van der Waals surface area contributed by atoms with E-state index in [2.05, 4.69) is 31.2 Å². The summed E-state index contributed by atoms with van der Waals surface area (Å²) in [5.74, 6) is -4.07. The van der Waals surface area contributed by atoms with Gasteiger partial charge in [0.1, 0.15) is 18.6 Å². The van der Waals surface area contributed by atoms with E-state index in [1.165, 1.54) is 0 Å². The Balaban J connectivity index is 1.72. The predicted octanol–water partition coefficient (Wildman–Crippen LogP) is -0.838. The summed E-state index contributed by atoms with van der Waals surface area (Å²) in [6, 6.07) is -2.55. The number of nitroso groups, excluding NO2 is 1. The van der Waals surface area contributed by atoms with Gasteiger partial charge in [-0.2, -0.15) is 11.8 Å². The first-order valence-corrected chi connectivity index (χ1v) is 13.5. The van der Waals surface area contributed by atoms with Gasteiger partial charge in [-0.05, 0) is 19.3 Å². The SMILES string of the molecule is O=NSC[C@H](NC(=O)CC[C@H](NC(=O)CCCC[C@@H]1SC[C@@H]2NC(=O)N[C@@H]21)C(=O)O)C(=O)NCC(=O)O. The molecule has 0 aromatic heterocycles. The minimum Gasteiger partial charge on any atom is -0.480 e. The van der Waals surface area contributed by atoms with E-state index in [0.717, 1.165) is 18.6 Å². The van der Waals surface area contributed by atoms with Crippen LogP contribution < -0.4 is 26.6 Å². The van der Waals surface area contributed by atoms with Crippen molar-refractivity contribution in [1.29, 1.82) is 0 Å². The molecule has 0 aromatic rings. The first-order chi connectivity index (χ1) is 17.6. The normalized spacial score (nSPS) is 21.5. The second kappa shape index (κ2) is 15.2. The number of hydrogen-bond acceptors (Lipinski definition) is 10. The van der Waals surface area contributed by atoms with E-state index in [1.54, 1.807) is 11.8 Å². The minimum atomic E-state index is -1.32. The summed E-state index contributed by atoms with van der Waals surface area (Å²) >= 11 is 2.22. The molecule has 5 atom stereocenters. The highest BCUT2D eigenvalue weighted by Crippen LogP contribution is 2.33. The Labute approximate surface area is 220 Å². The molecule has 0 aromatic carbocycles. The van der Waals surface area contributed by atoms with Crippen LogP contribution in [0.3, 0.4) is 0 Å². The van der Waals surface area contributed by atoms with Crippen LogP contribution in [-0.4, -0.2) is 93.4 Å². The summed E-state index contributed by atoms with van der Waals surface area (Å²) in [5.41, 5.74) is 0. The third-order valence-corrected chi connectivity index (χ3v) is 7.83. The van der Waals surface area contributed by atoms with Crippen molar-refractivity contribution in [3.63, 3.8) is 0 Å². The molecule has 2 fully saturated rings. The number of rotatable bonds is 17. The standard InChI is InChI=1S/C20H30N6O9S2/c27-14(4-2-1-3-13-17-11(8-36-13)24-20(34)25-17)22-10(19(32)33)5-6-15(28)23-12(9-37-26-35)18(31)21-7-16(29)30/h10-13,17H,1-9H2,(H,21,31)(H,22,27)(H,23,28)(H,29,30)(H,32,33)(H2,24,25,34)/t10-,11-,12-,13-,17-/m0/s1. The van der Waals surface area contributed by atoms with Gasteiger partial charge in [0.2, 0.25) is 17.7 Å². The van der Waals surface area contributed by atoms with Gasteiger partial charge in [-0.1, -0.05) is 6.42 Å². The summed E-state index contributed by atoms with van der Waals surface area (Å²) in [4.78, 5) is 80.5. The predicted molar refractivity (Wildman–Crippen MR) is 134 cm³/mol. The van der Waals surface area contributed by atoms with E-state index in [0.29, 0.717) is 18.4 Å². The average Bonchev–Trinajstić information content (AvgIpc) is 3.39. The number of nitrogens with zero attached hydrogens (tertiary/aromatic N) is 1. The van der Waals surface area contributed by atoms with Gasteiger partial charge in [0.15, 0.2) is 0 Å². The van der Waals surface area contributed by atoms with Gasteiger partial charge in [0.05, 0.1) is 12.1 Å². The summed E-state index contributed by atoms with van der Waals surface area (Å²) in [7, 11) is 0. The number of thioether (sulfide) groups is 1. The summed E-state index contributed by atoms with van der Waals surface area (Å²) < 4.78 is 2.53. The third kappa shape index (κ3) is 10.4. The highest BCUT2D eigenvalue weighted by molar-refractivity contribution is 8.00. The summed E-state index contributed by atoms with van der Waals surface area (Å²) in [6.07, 6.45) is 1.58. The molecule has 37 heavy (non-hydrogen) atoms. The van der Waals surface area contributed by atoms with Gasteiger partial charge in [-0.25, -0.2) is 9.59 Å². The van der Waals surface area contributed by atoms with Crippen LogP contribution in [0.1, 0.15) is 38.5 Å². The summed E-state index contributed by atoms with van der Waals surface area (Å²) in [6.45, 7) is -0.689. The number of aliphatic carboxylic acids is 2. The van der Waals surface area contributed by atoms with E-state index in [9.17, 15) is 38.8 Å². The van der Waals surface area contributed by atoms with Gasteiger partial charge >= 0.3 is 18.0 Å². The van der Waals surface area contributed by atoms with Crippen molar-refractivity contribution in [1.82, 2.24) is 26.6 Å². The van der Waals surface area contributed by atoms with Crippen LogP contribution in [0, 0.1) is 4.91 Å². The Bertz CT molecular complexity index is 892. The van der Waals surface area contributed by atoms with E-state index in [4.69, 9.17) is 5.11 Å². The topological polar surface area (TPSA) is 232 Å². The third-order valence-electron chi connectivity index (χ3n) is 5.73. The molecule has 2 aliphatic heterocycles. The lowest BCUT2D eigenvalue weighted by atomic mass is 10.0. The van der Waals surface area contributed by atoms with Crippen molar-refractivity contribution in [3.8, 4) is 0 Å². The Morgan fingerprint density at radius 1 is 1.05 bits per heavy atom. The lowest BCUT2D eigenvalue weighted by Crippen LogP contribution is -2.49. The van der Waals surface area contributed by atoms with Crippen LogP contribution in [-0.2, 0) is 24.0 Å². The number of nitrogens with one attached hydrogen (secondary N) is 5. The Morgan fingerprint density at radius 3 is 2.43 bits per heavy atom. The lowest BCUT2D eigenvalue weighted by Gasteiger charge is -2.18. The average molecular weight is 563 g/mol. The van der Waals surface area contributed by atoms with E-state index >= 15 is 0 Å². The highest BCUT2D eigenvalue weighted by atomic mass is 32.2. The smallest absolute Gasteiger partial charge is 0.326 e. The molecule has 2 rings (SSSR count). The van der Waals surface area contributed by atoms with E-state index in [-0.39, 0.29) is 48.4 Å². The molecule has 7 N–H and O–H groups in total. The largest absolute Gasteiger partial charge is 0.480 e. The molecule has 0 aliphatic carbocycles. The van der Waals surface area contributed by atoms with Gasteiger partial charge in [0.25, 0.3) is 0 Å². The number of fused-ring (bicyclic) bond motifs is 1. The molecule has 0 radical (unpaired) electrons. The van der Waals surface area contributed by atoms with Crippen LogP contribution in [0.25, 0.3) is 0 Å². The fraction of sp³-hybridized carbons (Fsp3) is 0.700. The minimum absolute atomic E-state index is 0.0741. The highest BCUT2D eigenvalue weighted by Gasteiger charge is 2.42. The quantitative estimate of drug-likeness (QED) is 0.0500. The molecule has 206 valence electrons. The molecule has 0 unspecified atom stereocenters.